The molecule has 2 bridgehead atoms. The van der Waals surface area contributed by atoms with Gasteiger partial charge in [-0.3, -0.25) is 4.79 Å². The summed E-state index contributed by atoms with van der Waals surface area (Å²) >= 11 is 0. The van der Waals surface area contributed by atoms with Crippen LogP contribution in [0.5, 0.6) is 0 Å². The third-order valence-corrected chi connectivity index (χ3v) is 4.70. The first-order valence-corrected chi connectivity index (χ1v) is 8.49. The maximum absolute atomic E-state index is 12.3. The summed E-state index contributed by atoms with van der Waals surface area (Å²) in [5.41, 5.74) is 0. The molecule has 3 aliphatic rings. The summed E-state index contributed by atoms with van der Waals surface area (Å²) in [6, 6.07) is -0.0361. The van der Waals surface area contributed by atoms with E-state index >= 15 is 0 Å². The molecule has 6 nitrogen and oxygen atoms in total. The van der Waals surface area contributed by atoms with Crippen LogP contribution in [-0.4, -0.2) is 55.2 Å². The molecule has 2 N–H and O–H groups in total. The topological polar surface area (TPSA) is 70.7 Å². The van der Waals surface area contributed by atoms with Crippen molar-refractivity contribution in [2.75, 3.05) is 26.2 Å². The lowest BCUT2D eigenvalue weighted by Gasteiger charge is -2.33. The van der Waals surface area contributed by atoms with E-state index in [0.29, 0.717) is 31.5 Å². The summed E-state index contributed by atoms with van der Waals surface area (Å²) in [5, 5.41) is 5.99. The number of fused-ring (bicyclic) bond motifs is 2. The summed E-state index contributed by atoms with van der Waals surface area (Å²) in [7, 11) is 0. The van der Waals surface area contributed by atoms with Gasteiger partial charge in [0.05, 0.1) is 18.1 Å². The first kappa shape index (κ1) is 15.6. The van der Waals surface area contributed by atoms with E-state index in [1.807, 2.05) is 0 Å². The Morgan fingerprint density at radius 1 is 1.23 bits per heavy atom. The first-order valence-electron chi connectivity index (χ1n) is 8.49. The zero-order chi connectivity index (χ0) is 15.7. The molecule has 3 rings (SSSR count). The van der Waals surface area contributed by atoms with Crippen molar-refractivity contribution in [1.82, 2.24) is 15.5 Å². The van der Waals surface area contributed by atoms with Gasteiger partial charge in [0.15, 0.2) is 0 Å². The Morgan fingerprint density at radius 2 is 2.00 bits per heavy atom. The van der Waals surface area contributed by atoms with Crippen LogP contribution >= 0.6 is 0 Å². The molecular formula is C16H27N3O3. The second kappa shape index (κ2) is 6.44. The molecule has 3 fully saturated rings. The Morgan fingerprint density at radius 3 is 2.68 bits per heavy atom. The minimum Gasteiger partial charge on any atom is -0.370 e. The van der Waals surface area contributed by atoms with Crippen LogP contribution < -0.4 is 10.6 Å². The number of rotatable bonds is 5. The number of ether oxygens (including phenoxy) is 1. The summed E-state index contributed by atoms with van der Waals surface area (Å²) in [6.07, 6.45) is 3.05. The van der Waals surface area contributed by atoms with Crippen LogP contribution in [-0.2, 0) is 9.53 Å². The lowest BCUT2D eigenvalue weighted by Crippen LogP contribution is -2.51. The number of urea groups is 1. The van der Waals surface area contributed by atoms with Crippen LogP contribution in [0.1, 0.15) is 33.1 Å². The molecular weight excluding hydrogens is 282 g/mol. The Kier molecular flexibility index (Phi) is 4.57. The maximum Gasteiger partial charge on any atom is 0.317 e. The smallest absolute Gasteiger partial charge is 0.317 e. The van der Waals surface area contributed by atoms with Gasteiger partial charge in [0.25, 0.3) is 0 Å². The van der Waals surface area contributed by atoms with Crippen molar-refractivity contribution in [2.45, 2.75) is 45.3 Å². The molecule has 6 heteroatoms. The van der Waals surface area contributed by atoms with Gasteiger partial charge in [-0.05, 0) is 31.1 Å². The third-order valence-electron chi connectivity index (χ3n) is 4.70. The SMILES string of the molecule is CC(C)CNC(=O)N1C[C@H]2C[C@H](C(=O)NCC3CC3)[C@@H](C1)O2. The molecule has 2 aliphatic heterocycles. The quantitative estimate of drug-likeness (QED) is 0.795. The molecule has 3 amide bonds. The molecule has 0 aromatic carbocycles. The van der Waals surface area contributed by atoms with Crippen molar-refractivity contribution in [3.05, 3.63) is 0 Å². The minimum atomic E-state index is -0.150. The van der Waals surface area contributed by atoms with Crippen LogP contribution in [0.25, 0.3) is 0 Å². The van der Waals surface area contributed by atoms with Crippen LogP contribution in [0.15, 0.2) is 0 Å². The van der Waals surface area contributed by atoms with Gasteiger partial charge in [-0.1, -0.05) is 13.8 Å². The van der Waals surface area contributed by atoms with Crippen molar-refractivity contribution in [2.24, 2.45) is 17.8 Å². The highest BCUT2D eigenvalue weighted by Gasteiger charge is 2.45. The fraction of sp³-hybridized carbons (Fsp3) is 0.875. The Hall–Kier alpha value is -1.30. The van der Waals surface area contributed by atoms with Gasteiger partial charge in [-0.25, -0.2) is 4.79 Å². The normalized spacial score (nSPS) is 30.5. The summed E-state index contributed by atoms with van der Waals surface area (Å²) in [6.45, 7) is 6.73. The van der Waals surface area contributed by atoms with Crippen LogP contribution in [0.4, 0.5) is 4.79 Å². The highest BCUT2D eigenvalue weighted by molar-refractivity contribution is 5.80. The highest BCUT2D eigenvalue weighted by atomic mass is 16.5. The standard InChI is InChI=1S/C16H27N3O3/c1-10(2)6-18-16(21)19-8-12-5-13(14(9-19)22-12)15(20)17-7-11-3-4-11/h10-14H,3-9H2,1-2H3,(H,17,20)(H,18,21)/t12-,13+,14-/m1/s1. The van der Waals surface area contributed by atoms with Crippen LogP contribution in [0.2, 0.25) is 0 Å². The molecule has 2 heterocycles. The van der Waals surface area contributed by atoms with Gasteiger partial charge in [-0.2, -0.15) is 0 Å². The summed E-state index contributed by atoms with van der Waals surface area (Å²) in [4.78, 5) is 26.3. The van der Waals surface area contributed by atoms with Gasteiger partial charge in [-0.15, -0.1) is 0 Å². The molecule has 0 radical (unpaired) electrons. The molecule has 0 aromatic heterocycles. The van der Waals surface area contributed by atoms with Crippen LogP contribution in [0.3, 0.4) is 0 Å². The lowest BCUT2D eigenvalue weighted by molar-refractivity contribution is -0.127. The van der Waals surface area contributed by atoms with Gasteiger partial charge in [0.2, 0.25) is 5.91 Å². The molecule has 3 atom stereocenters. The van der Waals surface area contributed by atoms with Gasteiger partial charge in [0.1, 0.15) is 0 Å². The van der Waals surface area contributed by atoms with Crippen molar-refractivity contribution in [3.8, 4) is 0 Å². The highest BCUT2D eigenvalue weighted by Crippen LogP contribution is 2.33. The molecule has 0 unspecified atom stereocenters. The Balaban J connectivity index is 1.50. The predicted molar refractivity (Wildman–Crippen MR) is 82.3 cm³/mol. The molecule has 2 saturated heterocycles. The first-order chi connectivity index (χ1) is 10.5. The second-order valence-electron chi connectivity index (χ2n) is 7.31. The number of likely N-dealkylation sites (tertiary alicyclic amines) is 1. The summed E-state index contributed by atoms with van der Waals surface area (Å²) in [5.74, 6) is 1.11. The van der Waals surface area contributed by atoms with E-state index in [1.165, 1.54) is 12.8 Å². The predicted octanol–water partition coefficient (Wildman–Crippen LogP) is 0.968. The van der Waals surface area contributed by atoms with E-state index in [1.54, 1.807) is 4.90 Å². The third kappa shape index (κ3) is 3.72. The summed E-state index contributed by atoms with van der Waals surface area (Å²) < 4.78 is 5.88. The number of carbonyl (C=O) groups excluding carboxylic acids is 2. The Labute approximate surface area is 131 Å². The average Bonchev–Trinajstić information content (AvgIpc) is 3.27. The zero-order valence-electron chi connectivity index (χ0n) is 13.5. The number of morpholine rings is 1. The van der Waals surface area contributed by atoms with E-state index < -0.39 is 0 Å². The van der Waals surface area contributed by atoms with Gasteiger partial charge >= 0.3 is 6.03 Å². The average molecular weight is 309 g/mol. The fourth-order valence-corrected chi connectivity index (χ4v) is 3.20. The van der Waals surface area contributed by atoms with Gasteiger partial charge in [0, 0.05) is 26.2 Å². The van der Waals surface area contributed by atoms with Crippen LogP contribution in [0, 0.1) is 17.8 Å². The van der Waals surface area contributed by atoms with Crippen molar-refractivity contribution in [1.29, 1.82) is 0 Å². The van der Waals surface area contributed by atoms with Crippen molar-refractivity contribution < 1.29 is 14.3 Å². The van der Waals surface area contributed by atoms with Gasteiger partial charge < -0.3 is 20.3 Å². The number of hydrogen-bond acceptors (Lipinski definition) is 3. The van der Waals surface area contributed by atoms with Crippen molar-refractivity contribution in [3.63, 3.8) is 0 Å². The fourth-order valence-electron chi connectivity index (χ4n) is 3.20. The molecule has 0 aromatic rings. The van der Waals surface area contributed by atoms with E-state index in [0.717, 1.165) is 13.0 Å². The minimum absolute atomic E-state index is 0.000208. The van der Waals surface area contributed by atoms with E-state index in [9.17, 15) is 9.59 Å². The maximum atomic E-state index is 12.3. The second-order valence-corrected chi connectivity index (χ2v) is 7.31. The number of nitrogens with one attached hydrogen (secondary N) is 2. The number of carbonyl (C=O) groups is 2. The Bertz CT molecular complexity index is 434. The molecule has 124 valence electrons. The zero-order valence-corrected chi connectivity index (χ0v) is 13.5. The van der Waals surface area contributed by atoms with E-state index in [2.05, 4.69) is 24.5 Å². The molecule has 22 heavy (non-hydrogen) atoms. The number of amides is 3. The molecule has 0 spiro atoms. The van der Waals surface area contributed by atoms with Crippen molar-refractivity contribution >= 4 is 11.9 Å². The number of nitrogens with zero attached hydrogens (tertiary/aromatic N) is 1. The number of hydrogen-bond donors (Lipinski definition) is 2. The molecule has 1 saturated carbocycles. The van der Waals surface area contributed by atoms with E-state index in [-0.39, 0.29) is 30.1 Å². The molecule has 1 aliphatic carbocycles. The lowest BCUT2D eigenvalue weighted by atomic mass is 9.99. The monoisotopic (exact) mass is 309 g/mol. The largest absolute Gasteiger partial charge is 0.370 e. The van der Waals surface area contributed by atoms with E-state index in [4.69, 9.17) is 4.74 Å².